The maximum Gasteiger partial charge on any atom is 0.255 e. The number of amides is 1. The number of pyridine rings is 1. The highest BCUT2D eigenvalue weighted by Gasteiger charge is 2.26. The molecule has 1 aliphatic rings. The Kier molecular flexibility index (Phi) is 4.82. The number of halogens is 1. The number of nitrogens with zero attached hydrogens (tertiary/aromatic N) is 2. The van der Waals surface area contributed by atoms with Gasteiger partial charge in [0.25, 0.3) is 5.91 Å². The number of hydrogen-bond donors (Lipinski definition) is 1. The van der Waals surface area contributed by atoms with Gasteiger partial charge in [-0.1, -0.05) is 18.2 Å². The van der Waals surface area contributed by atoms with E-state index in [-0.39, 0.29) is 11.9 Å². The summed E-state index contributed by atoms with van der Waals surface area (Å²) in [5.74, 6) is 0.727. The smallest absolute Gasteiger partial charge is 0.255 e. The molecule has 1 atom stereocenters. The summed E-state index contributed by atoms with van der Waals surface area (Å²) >= 11 is 5.26. The van der Waals surface area contributed by atoms with Gasteiger partial charge in [-0.3, -0.25) is 9.78 Å². The molecule has 1 N–H and O–H groups in total. The van der Waals surface area contributed by atoms with Gasteiger partial charge in [-0.2, -0.15) is 0 Å². The molecule has 5 nitrogen and oxygen atoms in total. The average molecular weight is 446 g/mol. The van der Waals surface area contributed by atoms with E-state index in [0.717, 1.165) is 43.0 Å². The fraction of sp³-hybridized carbons (Fsp3) is 0.300. The number of para-hydroxylation sites is 1. The highest BCUT2D eigenvalue weighted by atomic mass is 79.9. The van der Waals surface area contributed by atoms with E-state index >= 15 is 0 Å². The van der Waals surface area contributed by atoms with E-state index in [1.54, 1.807) is 17.5 Å². The fourth-order valence-electron chi connectivity index (χ4n) is 3.44. The highest BCUT2D eigenvalue weighted by molar-refractivity contribution is 9.10. The number of aryl methyl sites for hydroxylation is 1. The predicted octanol–water partition coefficient (Wildman–Crippen LogP) is 4.69. The maximum absolute atomic E-state index is 13.2. The van der Waals surface area contributed by atoms with Crippen molar-refractivity contribution in [3.63, 3.8) is 0 Å². The third-order valence-electron chi connectivity index (χ3n) is 4.74. The third-order valence-corrected chi connectivity index (χ3v) is 7.07. The van der Waals surface area contributed by atoms with E-state index in [0.29, 0.717) is 12.2 Å². The Hall–Kier alpha value is -2.12. The summed E-state index contributed by atoms with van der Waals surface area (Å²) in [5, 5.41) is 3.18. The first-order valence-electron chi connectivity index (χ1n) is 8.75. The first-order chi connectivity index (χ1) is 13.0. The number of benzene rings is 1. The number of anilines is 1. The maximum atomic E-state index is 13.2. The second-order valence-electron chi connectivity index (χ2n) is 6.77. The lowest BCUT2D eigenvalue weighted by molar-refractivity contribution is 0.0925. The van der Waals surface area contributed by atoms with Gasteiger partial charge in [0, 0.05) is 37.2 Å². The lowest BCUT2D eigenvalue weighted by Gasteiger charge is -2.27. The Bertz CT molecular complexity index is 1030. The van der Waals surface area contributed by atoms with Crippen molar-refractivity contribution in [3.05, 3.63) is 50.9 Å². The van der Waals surface area contributed by atoms with Crippen LogP contribution in [0.4, 0.5) is 5.69 Å². The van der Waals surface area contributed by atoms with E-state index in [9.17, 15) is 4.79 Å². The zero-order chi connectivity index (χ0) is 19.1. The number of aromatic nitrogens is 1. The lowest BCUT2D eigenvalue weighted by atomic mass is 10.00. The molecule has 0 saturated carbocycles. The number of ether oxygens (including phenoxy) is 1. The van der Waals surface area contributed by atoms with Gasteiger partial charge in [-0.15, -0.1) is 11.3 Å². The Morgan fingerprint density at radius 2 is 2.15 bits per heavy atom. The molecule has 140 valence electrons. The summed E-state index contributed by atoms with van der Waals surface area (Å²) in [6.45, 7) is 2.64. The Balaban J connectivity index is 1.73. The van der Waals surface area contributed by atoms with Gasteiger partial charge in [-0.05, 0) is 28.9 Å². The molecular weight excluding hydrogens is 426 g/mol. The number of nitrogens with one attached hydrogen (secondary N) is 1. The van der Waals surface area contributed by atoms with Crippen LogP contribution in [0.15, 0.2) is 34.9 Å². The standard InChI is InChI=1S/C20H20BrN3O2S/c1-11-16(21)17-19(27-11)18(24(2)3)13(10-22-17)20(25)23-14-8-9-26-15-7-5-4-6-12(14)15/h4-7,10,14H,8-9H2,1-3H3,(H,23,25)/t14-/m0/s1. The van der Waals surface area contributed by atoms with Crippen molar-refractivity contribution >= 4 is 49.1 Å². The molecule has 7 heteroatoms. The largest absolute Gasteiger partial charge is 0.493 e. The minimum atomic E-state index is -0.114. The average Bonchev–Trinajstić information content (AvgIpc) is 2.95. The summed E-state index contributed by atoms with van der Waals surface area (Å²) in [5.41, 5.74) is 3.41. The van der Waals surface area contributed by atoms with Gasteiger partial charge in [-0.25, -0.2) is 0 Å². The van der Waals surface area contributed by atoms with Crippen LogP contribution in [0, 0.1) is 6.92 Å². The normalized spacial score (nSPS) is 15.9. The first kappa shape index (κ1) is 18.3. The van der Waals surface area contributed by atoms with E-state index in [1.807, 2.05) is 43.3 Å². The molecule has 0 aliphatic carbocycles. The molecule has 1 aromatic carbocycles. The second kappa shape index (κ2) is 7.13. The van der Waals surface area contributed by atoms with Gasteiger partial charge >= 0.3 is 0 Å². The van der Waals surface area contributed by atoms with Crippen LogP contribution < -0.4 is 15.0 Å². The van der Waals surface area contributed by atoms with E-state index in [1.165, 1.54) is 0 Å². The number of hydrogen-bond acceptors (Lipinski definition) is 5. The van der Waals surface area contributed by atoms with Crippen molar-refractivity contribution in [2.24, 2.45) is 0 Å². The van der Waals surface area contributed by atoms with Crippen LogP contribution in [0.3, 0.4) is 0 Å². The molecule has 27 heavy (non-hydrogen) atoms. The van der Waals surface area contributed by atoms with Crippen LogP contribution in [0.5, 0.6) is 5.75 Å². The minimum Gasteiger partial charge on any atom is -0.493 e. The summed E-state index contributed by atoms with van der Waals surface area (Å²) in [7, 11) is 3.91. The predicted molar refractivity (Wildman–Crippen MR) is 113 cm³/mol. The topological polar surface area (TPSA) is 54.5 Å². The monoisotopic (exact) mass is 445 g/mol. The molecule has 0 radical (unpaired) electrons. The molecule has 2 aromatic heterocycles. The van der Waals surface area contributed by atoms with Crippen molar-refractivity contribution in [3.8, 4) is 5.75 Å². The fourth-order valence-corrected chi connectivity index (χ4v) is 5.25. The Morgan fingerprint density at radius 3 is 2.93 bits per heavy atom. The van der Waals surface area contributed by atoms with Crippen molar-refractivity contribution in [1.82, 2.24) is 10.3 Å². The van der Waals surface area contributed by atoms with Gasteiger partial charge in [0.15, 0.2) is 0 Å². The van der Waals surface area contributed by atoms with Gasteiger partial charge < -0.3 is 15.0 Å². The van der Waals surface area contributed by atoms with Crippen LogP contribution in [0.25, 0.3) is 10.2 Å². The minimum absolute atomic E-state index is 0.0648. The summed E-state index contributed by atoms with van der Waals surface area (Å²) in [4.78, 5) is 20.8. The zero-order valence-corrected chi connectivity index (χ0v) is 17.8. The molecule has 0 saturated heterocycles. The zero-order valence-electron chi connectivity index (χ0n) is 15.4. The van der Waals surface area contributed by atoms with Crippen molar-refractivity contribution in [2.75, 3.05) is 25.6 Å². The summed E-state index contributed by atoms with van der Waals surface area (Å²) in [6, 6.07) is 7.80. The molecule has 0 fully saturated rings. The molecule has 0 spiro atoms. The SMILES string of the molecule is Cc1sc2c(N(C)C)c(C(=O)N[C@H]3CCOc4ccccc43)cnc2c1Br. The van der Waals surface area contributed by atoms with E-state index < -0.39 is 0 Å². The molecule has 3 heterocycles. The van der Waals surface area contributed by atoms with Crippen LogP contribution in [-0.2, 0) is 0 Å². The molecule has 0 unspecified atom stereocenters. The van der Waals surface area contributed by atoms with E-state index in [2.05, 4.69) is 33.2 Å². The number of rotatable bonds is 3. The van der Waals surface area contributed by atoms with Crippen molar-refractivity contribution in [1.29, 1.82) is 0 Å². The van der Waals surface area contributed by atoms with Crippen LogP contribution in [-0.4, -0.2) is 31.6 Å². The van der Waals surface area contributed by atoms with Crippen LogP contribution >= 0.6 is 27.3 Å². The summed E-state index contributed by atoms with van der Waals surface area (Å²) in [6.07, 6.45) is 2.43. The number of thiophene rings is 1. The highest BCUT2D eigenvalue weighted by Crippen LogP contribution is 2.40. The van der Waals surface area contributed by atoms with Crippen molar-refractivity contribution < 1.29 is 9.53 Å². The molecule has 3 aromatic rings. The van der Waals surface area contributed by atoms with E-state index in [4.69, 9.17) is 4.74 Å². The lowest BCUT2D eigenvalue weighted by Crippen LogP contribution is -2.33. The number of carbonyl (C=O) groups excluding carboxylic acids is 1. The summed E-state index contributed by atoms with van der Waals surface area (Å²) < 4.78 is 7.72. The molecular formula is C20H20BrN3O2S. The Labute approximate surface area is 170 Å². The van der Waals surface area contributed by atoms with Gasteiger partial charge in [0.1, 0.15) is 5.75 Å². The molecule has 1 aliphatic heterocycles. The first-order valence-corrected chi connectivity index (χ1v) is 10.4. The quantitative estimate of drug-likeness (QED) is 0.635. The van der Waals surface area contributed by atoms with Crippen LogP contribution in [0.2, 0.25) is 0 Å². The van der Waals surface area contributed by atoms with Crippen molar-refractivity contribution in [2.45, 2.75) is 19.4 Å². The number of carbonyl (C=O) groups is 1. The molecule has 4 rings (SSSR count). The molecule has 1 amide bonds. The second-order valence-corrected chi connectivity index (χ2v) is 8.78. The van der Waals surface area contributed by atoms with Crippen LogP contribution in [0.1, 0.15) is 33.3 Å². The number of fused-ring (bicyclic) bond motifs is 2. The molecule has 0 bridgehead atoms. The Morgan fingerprint density at radius 1 is 1.37 bits per heavy atom. The third kappa shape index (κ3) is 3.19. The van der Waals surface area contributed by atoms with Gasteiger partial charge in [0.05, 0.1) is 38.6 Å². The van der Waals surface area contributed by atoms with Gasteiger partial charge in [0.2, 0.25) is 0 Å².